The van der Waals surface area contributed by atoms with Crippen molar-refractivity contribution in [1.82, 2.24) is 16.0 Å². The summed E-state index contributed by atoms with van der Waals surface area (Å²) >= 11 is 0. The molecule has 0 saturated heterocycles. The second kappa shape index (κ2) is 10.3. The fourth-order valence-electron chi connectivity index (χ4n) is 2.40. The standard InChI is InChI=1S/C18H25N3O7/c1-9(2)14(16(25)21-17(26)18(27)28)20-15(24)13(19-10(3)22)8-11-4-6-12(23)7-5-11/h4-7,9,13-14,17,23,26H,8H2,1-3H3,(H,19,22)(H,20,24)(H,21,25)(H,27,28)/t13-,14-,17?/m0/s1. The van der Waals surface area contributed by atoms with Crippen molar-refractivity contribution in [3.8, 4) is 5.75 Å². The molecule has 0 aliphatic carbocycles. The van der Waals surface area contributed by atoms with Gasteiger partial charge in [-0.15, -0.1) is 0 Å². The number of aromatic hydroxyl groups is 1. The van der Waals surface area contributed by atoms with Gasteiger partial charge in [-0.05, 0) is 23.6 Å². The minimum Gasteiger partial charge on any atom is -0.508 e. The Morgan fingerprint density at radius 3 is 2.00 bits per heavy atom. The molecule has 1 aromatic rings. The maximum absolute atomic E-state index is 12.7. The summed E-state index contributed by atoms with van der Waals surface area (Å²) in [4.78, 5) is 47.0. The maximum atomic E-state index is 12.7. The number of benzene rings is 1. The van der Waals surface area contributed by atoms with Crippen molar-refractivity contribution >= 4 is 23.7 Å². The van der Waals surface area contributed by atoms with Gasteiger partial charge in [0.2, 0.25) is 23.9 Å². The van der Waals surface area contributed by atoms with Gasteiger partial charge in [-0.25, -0.2) is 4.79 Å². The number of carboxylic acids is 1. The number of amides is 3. The monoisotopic (exact) mass is 395 g/mol. The van der Waals surface area contributed by atoms with E-state index in [0.29, 0.717) is 5.56 Å². The zero-order valence-corrected chi connectivity index (χ0v) is 15.8. The molecule has 3 atom stereocenters. The molecule has 0 bridgehead atoms. The molecule has 154 valence electrons. The molecule has 0 aromatic heterocycles. The number of carboxylic acid groups (broad SMARTS) is 1. The van der Waals surface area contributed by atoms with Crippen LogP contribution in [0.15, 0.2) is 24.3 Å². The highest BCUT2D eigenvalue weighted by Crippen LogP contribution is 2.12. The Kier molecular flexibility index (Phi) is 8.39. The fraction of sp³-hybridized carbons (Fsp3) is 0.444. The number of phenols is 1. The molecule has 1 unspecified atom stereocenters. The van der Waals surface area contributed by atoms with Gasteiger partial charge in [-0.2, -0.15) is 0 Å². The highest BCUT2D eigenvalue weighted by molar-refractivity contribution is 5.93. The minimum atomic E-state index is -2.10. The molecule has 6 N–H and O–H groups in total. The molecule has 10 heteroatoms. The van der Waals surface area contributed by atoms with Gasteiger partial charge in [0.15, 0.2) is 0 Å². The van der Waals surface area contributed by atoms with Gasteiger partial charge in [0.1, 0.15) is 17.8 Å². The van der Waals surface area contributed by atoms with Crippen LogP contribution in [-0.2, 0) is 25.6 Å². The summed E-state index contributed by atoms with van der Waals surface area (Å²) in [5, 5.41) is 34.2. The second-order valence-corrected chi connectivity index (χ2v) is 6.60. The van der Waals surface area contributed by atoms with Crippen LogP contribution in [-0.4, -0.2) is 57.3 Å². The largest absolute Gasteiger partial charge is 0.508 e. The third-order valence-corrected chi connectivity index (χ3v) is 3.83. The first-order valence-electron chi connectivity index (χ1n) is 8.58. The molecule has 1 aromatic carbocycles. The number of carbonyl (C=O) groups excluding carboxylic acids is 3. The Labute approximate surface area is 161 Å². The number of phenolic OH excluding ortho intramolecular Hbond substituents is 1. The van der Waals surface area contributed by atoms with Gasteiger partial charge in [0.25, 0.3) is 0 Å². The molecular weight excluding hydrogens is 370 g/mol. The number of nitrogens with one attached hydrogen (secondary N) is 3. The molecule has 28 heavy (non-hydrogen) atoms. The van der Waals surface area contributed by atoms with Crippen molar-refractivity contribution in [3.63, 3.8) is 0 Å². The molecule has 0 aliphatic rings. The van der Waals surface area contributed by atoms with Crippen LogP contribution in [0.3, 0.4) is 0 Å². The lowest BCUT2D eigenvalue weighted by Gasteiger charge is -2.25. The van der Waals surface area contributed by atoms with Gasteiger partial charge >= 0.3 is 5.97 Å². The lowest BCUT2D eigenvalue weighted by atomic mass is 10.0. The van der Waals surface area contributed by atoms with Crippen LogP contribution in [0.2, 0.25) is 0 Å². The number of aliphatic hydroxyl groups is 1. The summed E-state index contributed by atoms with van der Waals surface area (Å²) in [7, 11) is 0. The Morgan fingerprint density at radius 1 is 0.964 bits per heavy atom. The Hall–Kier alpha value is -3.14. The van der Waals surface area contributed by atoms with Gasteiger partial charge in [0.05, 0.1) is 0 Å². The number of hydrogen-bond donors (Lipinski definition) is 6. The van der Waals surface area contributed by atoms with Crippen molar-refractivity contribution in [2.75, 3.05) is 0 Å². The first-order valence-corrected chi connectivity index (χ1v) is 8.58. The highest BCUT2D eigenvalue weighted by atomic mass is 16.4. The zero-order chi connectivity index (χ0) is 21.4. The summed E-state index contributed by atoms with van der Waals surface area (Å²) in [6.07, 6.45) is -2.00. The van der Waals surface area contributed by atoms with E-state index in [9.17, 15) is 29.4 Å². The van der Waals surface area contributed by atoms with Crippen molar-refractivity contribution in [3.05, 3.63) is 29.8 Å². The third-order valence-electron chi connectivity index (χ3n) is 3.83. The first-order chi connectivity index (χ1) is 13.0. The normalized spacial score (nSPS) is 13.9. The average molecular weight is 395 g/mol. The van der Waals surface area contributed by atoms with E-state index in [2.05, 4.69) is 10.6 Å². The quantitative estimate of drug-likeness (QED) is 0.295. The molecule has 0 spiro atoms. The van der Waals surface area contributed by atoms with E-state index in [4.69, 9.17) is 5.11 Å². The average Bonchev–Trinajstić information content (AvgIpc) is 2.59. The summed E-state index contributed by atoms with van der Waals surface area (Å²) in [6.45, 7) is 4.50. The van der Waals surface area contributed by atoms with Crippen LogP contribution in [0.4, 0.5) is 0 Å². The zero-order valence-electron chi connectivity index (χ0n) is 15.8. The number of carbonyl (C=O) groups is 4. The molecule has 0 heterocycles. The van der Waals surface area contributed by atoms with E-state index in [1.807, 2.05) is 5.32 Å². The van der Waals surface area contributed by atoms with Gasteiger partial charge < -0.3 is 31.3 Å². The van der Waals surface area contributed by atoms with E-state index in [0.717, 1.165) is 0 Å². The van der Waals surface area contributed by atoms with Crippen LogP contribution in [0.25, 0.3) is 0 Å². The number of hydrogen-bond acceptors (Lipinski definition) is 6. The fourth-order valence-corrected chi connectivity index (χ4v) is 2.40. The number of aliphatic carboxylic acids is 1. The Balaban J connectivity index is 2.92. The molecule has 0 fully saturated rings. The molecule has 3 amide bonds. The molecule has 10 nitrogen and oxygen atoms in total. The predicted octanol–water partition coefficient (Wildman–Crippen LogP) is -0.901. The van der Waals surface area contributed by atoms with Crippen molar-refractivity contribution in [2.45, 2.75) is 45.5 Å². The summed E-state index contributed by atoms with van der Waals surface area (Å²) in [5.41, 5.74) is 0.665. The Morgan fingerprint density at radius 2 is 1.54 bits per heavy atom. The summed E-state index contributed by atoms with van der Waals surface area (Å²) < 4.78 is 0. The number of aliphatic hydroxyl groups excluding tert-OH is 1. The van der Waals surface area contributed by atoms with Crippen molar-refractivity contribution in [2.24, 2.45) is 5.92 Å². The van der Waals surface area contributed by atoms with Gasteiger partial charge in [-0.1, -0.05) is 26.0 Å². The van der Waals surface area contributed by atoms with Crippen LogP contribution in [0.5, 0.6) is 5.75 Å². The van der Waals surface area contributed by atoms with Gasteiger partial charge in [-0.3, -0.25) is 14.4 Å². The highest BCUT2D eigenvalue weighted by Gasteiger charge is 2.30. The van der Waals surface area contributed by atoms with Crippen molar-refractivity contribution in [1.29, 1.82) is 0 Å². The molecular formula is C18H25N3O7. The SMILES string of the molecule is CC(=O)N[C@@H](Cc1ccc(O)cc1)C(=O)N[C@H](C(=O)NC(O)C(=O)O)C(C)C. The van der Waals surface area contributed by atoms with Gasteiger partial charge in [0, 0.05) is 13.3 Å². The van der Waals surface area contributed by atoms with Crippen LogP contribution < -0.4 is 16.0 Å². The number of rotatable bonds is 9. The van der Waals surface area contributed by atoms with E-state index < -0.39 is 47.9 Å². The van der Waals surface area contributed by atoms with Crippen LogP contribution >= 0.6 is 0 Å². The lowest BCUT2D eigenvalue weighted by molar-refractivity contribution is -0.152. The van der Waals surface area contributed by atoms with Crippen molar-refractivity contribution < 1.29 is 34.5 Å². The third kappa shape index (κ3) is 7.23. The van der Waals surface area contributed by atoms with E-state index in [1.165, 1.54) is 19.1 Å². The van der Waals surface area contributed by atoms with Crippen LogP contribution in [0, 0.1) is 5.92 Å². The minimum absolute atomic E-state index is 0.0535. The molecule has 0 saturated carbocycles. The lowest BCUT2D eigenvalue weighted by Crippen LogP contribution is -2.57. The predicted molar refractivity (Wildman–Crippen MR) is 98.0 cm³/mol. The summed E-state index contributed by atoms with van der Waals surface area (Å²) in [5.74, 6) is -3.97. The Bertz CT molecular complexity index is 718. The van der Waals surface area contributed by atoms with Crippen LogP contribution in [0.1, 0.15) is 26.3 Å². The second-order valence-electron chi connectivity index (χ2n) is 6.60. The smallest absolute Gasteiger partial charge is 0.353 e. The molecule has 0 aliphatic heterocycles. The first kappa shape index (κ1) is 22.9. The maximum Gasteiger partial charge on any atom is 0.353 e. The topological polar surface area (TPSA) is 165 Å². The molecule has 1 rings (SSSR count). The molecule has 0 radical (unpaired) electrons. The van der Waals surface area contributed by atoms with E-state index in [1.54, 1.807) is 26.0 Å². The van der Waals surface area contributed by atoms with E-state index in [-0.39, 0.29) is 12.2 Å². The summed E-state index contributed by atoms with van der Waals surface area (Å²) in [6, 6.07) is 3.93. The van der Waals surface area contributed by atoms with E-state index >= 15 is 0 Å².